The Balaban J connectivity index is 1.64. The van der Waals surface area contributed by atoms with E-state index in [1.54, 1.807) is 0 Å². The molecule has 0 radical (unpaired) electrons. The zero-order valence-electron chi connectivity index (χ0n) is 15.9. The molecule has 1 aromatic heterocycles. The van der Waals surface area contributed by atoms with Crippen molar-refractivity contribution in [3.63, 3.8) is 0 Å². The van der Waals surface area contributed by atoms with Gasteiger partial charge in [-0.3, -0.25) is 9.36 Å². The predicted octanol–water partition coefficient (Wildman–Crippen LogP) is 3.58. The number of hydrogen-bond acceptors (Lipinski definition) is 3. The lowest BCUT2D eigenvalue weighted by Gasteiger charge is -2.13. The Bertz CT molecular complexity index is 852. The van der Waals surface area contributed by atoms with Crippen molar-refractivity contribution in [3.8, 4) is 0 Å². The van der Waals surface area contributed by atoms with Gasteiger partial charge in [-0.2, -0.15) is 4.98 Å². The van der Waals surface area contributed by atoms with Crippen molar-refractivity contribution in [1.29, 1.82) is 0 Å². The number of rotatable bonds is 8. The van der Waals surface area contributed by atoms with Gasteiger partial charge in [0.05, 0.1) is 5.69 Å². The highest BCUT2D eigenvalue weighted by molar-refractivity contribution is 5.78. The fourth-order valence-corrected chi connectivity index (χ4v) is 3.90. The third-order valence-corrected chi connectivity index (χ3v) is 5.35. The van der Waals surface area contributed by atoms with E-state index in [-0.39, 0.29) is 11.5 Å². The molecule has 0 saturated carbocycles. The molecule has 2 aromatic rings. The fraction of sp³-hybridized carbons (Fsp3) is 0.500. The summed E-state index contributed by atoms with van der Waals surface area (Å²) < 4.78 is 1.84. The predicted molar refractivity (Wildman–Crippen MR) is 104 cm³/mol. The van der Waals surface area contributed by atoms with Crippen molar-refractivity contribution in [2.45, 2.75) is 71.8 Å². The van der Waals surface area contributed by atoms with Crippen molar-refractivity contribution in [2.24, 2.45) is 0 Å². The number of carbonyl (C=O) groups excluding carboxylic acids is 1. The van der Waals surface area contributed by atoms with Gasteiger partial charge in [0.15, 0.2) is 0 Å². The Morgan fingerprint density at radius 1 is 1.15 bits per heavy atom. The quantitative estimate of drug-likeness (QED) is 0.729. The molecule has 0 N–H and O–H groups in total. The van der Waals surface area contributed by atoms with Gasteiger partial charge in [-0.1, -0.05) is 31.2 Å². The number of carbonyl (C=O) groups is 1. The number of fused-ring (bicyclic) bond motifs is 1. The standard InChI is InChI=1S/C22H28N2O2/c1-3-15-24-21-10-6-9-19(21)20(23-22(24)26)14-13-18(25)12-11-17-8-5-4-7-16(17)2/h4-5,7-8H,3,6,9-15H2,1-2H3. The molecule has 3 rings (SSSR count). The molecule has 1 heterocycles. The lowest BCUT2D eigenvalue weighted by molar-refractivity contribution is -0.119. The first-order chi connectivity index (χ1) is 12.6. The molecule has 1 aromatic carbocycles. The van der Waals surface area contributed by atoms with Crippen LogP contribution >= 0.6 is 0 Å². The number of nitrogens with zero attached hydrogens (tertiary/aromatic N) is 2. The van der Waals surface area contributed by atoms with Crippen molar-refractivity contribution in [1.82, 2.24) is 9.55 Å². The summed E-state index contributed by atoms with van der Waals surface area (Å²) in [5.41, 5.74) is 5.58. The van der Waals surface area contributed by atoms with E-state index in [1.165, 1.54) is 16.7 Å². The number of aromatic nitrogens is 2. The van der Waals surface area contributed by atoms with Crippen molar-refractivity contribution in [2.75, 3.05) is 0 Å². The largest absolute Gasteiger partial charge is 0.347 e. The van der Waals surface area contributed by atoms with E-state index in [4.69, 9.17) is 0 Å². The molecule has 26 heavy (non-hydrogen) atoms. The molecule has 0 spiro atoms. The first kappa shape index (κ1) is 18.6. The van der Waals surface area contributed by atoms with Crippen LogP contribution in [0.4, 0.5) is 0 Å². The minimum Gasteiger partial charge on any atom is -0.300 e. The Labute approximate surface area is 155 Å². The zero-order valence-corrected chi connectivity index (χ0v) is 15.9. The average molecular weight is 352 g/mol. The highest BCUT2D eigenvalue weighted by atomic mass is 16.1. The second-order valence-electron chi connectivity index (χ2n) is 7.24. The van der Waals surface area contributed by atoms with Crippen molar-refractivity contribution in [3.05, 3.63) is 62.8 Å². The monoisotopic (exact) mass is 352 g/mol. The molecule has 0 amide bonds. The highest BCUT2D eigenvalue weighted by Crippen LogP contribution is 2.24. The van der Waals surface area contributed by atoms with Crippen LogP contribution in [-0.4, -0.2) is 15.3 Å². The number of hydrogen-bond donors (Lipinski definition) is 0. The van der Waals surface area contributed by atoms with Gasteiger partial charge in [0.25, 0.3) is 0 Å². The average Bonchev–Trinajstić information content (AvgIpc) is 3.12. The number of ketones is 1. The van der Waals surface area contributed by atoms with E-state index < -0.39 is 0 Å². The zero-order chi connectivity index (χ0) is 18.5. The van der Waals surface area contributed by atoms with Gasteiger partial charge in [-0.15, -0.1) is 0 Å². The SMILES string of the molecule is CCCn1c2c(c(CCC(=O)CCc3ccccc3C)nc1=O)CCC2. The van der Waals surface area contributed by atoms with Crippen molar-refractivity contribution >= 4 is 5.78 Å². The summed E-state index contributed by atoms with van der Waals surface area (Å²) in [4.78, 5) is 29.0. The number of benzene rings is 1. The second-order valence-corrected chi connectivity index (χ2v) is 7.24. The molecule has 0 unspecified atom stereocenters. The Morgan fingerprint density at radius 3 is 2.69 bits per heavy atom. The maximum absolute atomic E-state index is 12.3. The second kappa shape index (κ2) is 8.43. The number of Topliss-reactive ketones (excluding diaryl/α,β-unsaturated/α-hetero) is 1. The van der Waals surface area contributed by atoms with E-state index in [0.717, 1.165) is 50.0 Å². The van der Waals surface area contributed by atoms with Crippen molar-refractivity contribution < 1.29 is 4.79 Å². The van der Waals surface area contributed by atoms with Crippen LogP contribution in [0.3, 0.4) is 0 Å². The van der Waals surface area contributed by atoms with E-state index >= 15 is 0 Å². The van der Waals surface area contributed by atoms with Gasteiger partial charge < -0.3 is 0 Å². The molecule has 0 aliphatic heterocycles. The van der Waals surface area contributed by atoms with Gasteiger partial charge in [0.2, 0.25) is 0 Å². The molecule has 1 aliphatic rings. The Hall–Kier alpha value is -2.23. The van der Waals surface area contributed by atoms with E-state index in [0.29, 0.717) is 19.3 Å². The first-order valence-electron chi connectivity index (χ1n) is 9.77. The topological polar surface area (TPSA) is 52.0 Å². The molecule has 0 bridgehead atoms. The lowest BCUT2D eigenvalue weighted by atomic mass is 10.00. The summed E-state index contributed by atoms with van der Waals surface area (Å²) in [5, 5.41) is 0. The van der Waals surface area contributed by atoms with Crippen LogP contribution in [0.1, 0.15) is 60.7 Å². The molecule has 0 saturated heterocycles. The Morgan fingerprint density at radius 2 is 1.92 bits per heavy atom. The highest BCUT2D eigenvalue weighted by Gasteiger charge is 2.21. The van der Waals surface area contributed by atoms with Crippen LogP contribution in [0.15, 0.2) is 29.1 Å². The van der Waals surface area contributed by atoms with Crippen LogP contribution in [-0.2, 0) is 37.0 Å². The van der Waals surface area contributed by atoms with Gasteiger partial charge in [0, 0.05) is 25.1 Å². The molecule has 0 atom stereocenters. The first-order valence-corrected chi connectivity index (χ1v) is 9.77. The van der Waals surface area contributed by atoms with Gasteiger partial charge >= 0.3 is 5.69 Å². The van der Waals surface area contributed by atoms with Crippen LogP contribution in [0.25, 0.3) is 0 Å². The van der Waals surface area contributed by atoms with Crippen LogP contribution < -0.4 is 5.69 Å². The smallest absolute Gasteiger partial charge is 0.300 e. The van der Waals surface area contributed by atoms with Gasteiger partial charge in [-0.05, 0) is 62.1 Å². The summed E-state index contributed by atoms with van der Waals surface area (Å²) in [5.74, 6) is 0.250. The maximum Gasteiger partial charge on any atom is 0.347 e. The molecular formula is C22H28N2O2. The van der Waals surface area contributed by atoms with E-state index in [9.17, 15) is 9.59 Å². The minimum atomic E-state index is -0.144. The Kier molecular flexibility index (Phi) is 6.02. The van der Waals surface area contributed by atoms with Crippen LogP contribution in [0.5, 0.6) is 0 Å². The summed E-state index contributed by atoms with van der Waals surface area (Å²) in [6, 6.07) is 8.21. The molecule has 1 aliphatic carbocycles. The van der Waals surface area contributed by atoms with Gasteiger partial charge in [-0.25, -0.2) is 4.79 Å². The molecule has 0 fully saturated rings. The summed E-state index contributed by atoms with van der Waals surface area (Å²) >= 11 is 0. The van der Waals surface area contributed by atoms with Crippen LogP contribution in [0, 0.1) is 6.92 Å². The fourth-order valence-electron chi connectivity index (χ4n) is 3.90. The number of aryl methyl sites for hydroxylation is 3. The molecule has 4 heteroatoms. The minimum absolute atomic E-state index is 0.144. The summed E-state index contributed by atoms with van der Waals surface area (Å²) in [7, 11) is 0. The maximum atomic E-state index is 12.3. The van der Waals surface area contributed by atoms with E-state index in [1.807, 2.05) is 16.7 Å². The van der Waals surface area contributed by atoms with Gasteiger partial charge in [0.1, 0.15) is 5.78 Å². The van der Waals surface area contributed by atoms with Crippen LogP contribution in [0.2, 0.25) is 0 Å². The summed E-state index contributed by atoms with van der Waals surface area (Å²) in [6.45, 7) is 4.90. The lowest BCUT2D eigenvalue weighted by Crippen LogP contribution is -2.28. The molecule has 138 valence electrons. The normalized spacial score (nSPS) is 13.0. The third-order valence-electron chi connectivity index (χ3n) is 5.35. The molecular weight excluding hydrogens is 324 g/mol. The summed E-state index contributed by atoms with van der Waals surface area (Å²) in [6.07, 6.45) is 6.37. The third kappa shape index (κ3) is 4.12. The molecule has 4 nitrogen and oxygen atoms in total. The van der Waals surface area contributed by atoms with E-state index in [2.05, 4.69) is 31.0 Å².